The van der Waals surface area contributed by atoms with Gasteiger partial charge in [0.1, 0.15) is 6.04 Å². The first-order valence-electron chi connectivity index (χ1n) is 5.92. The molecule has 2 unspecified atom stereocenters. The second-order valence-electron chi connectivity index (χ2n) is 5.63. The molecular weight excluding hydrogens is 218 g/mol. The average Bonchev–Trinajstić information content (AvgIpc) is 2.12. The minimum atomic E-state index is -0.519. The molecule has 0 aromatic rings. The van der Waals surface area contributed by atoms with Gasteiger partial charge in [-0.3, -0.25) is 9.59 Å². The van der Waals surface area contributed by atoms with E-state index in [0.29, 0.717) is 0 Å². The van der Waals surface area contributed by atoms with Gasteiger partial charge < -0.3 is 16.4 Å². The number of amides is 2. The van der Waals surface area contributed by atoms with Gasteiger partial charge in [-0.2, -0.15) is 0 Å². The van der Waals surface area contributed by atoms with Crippen LogP contribution in [0.5, 0.6) is 0 Å². The number of rotatable bonds is 5. The smallest absolute Gasteiger partial charge is 0.242 e. The highest BCUT2D eigenvalue weighted by Crippen LogP contribution is 2.20. The average molecular weight is 243 g/mol. The van der Waals surface area contributed by atoms with Crippen molar-refractivity contribution in [3.8, 4) is 0 Å². The Morgan fingerprint density at radius 2 is 1.82 bits per heavy atom. The van der Waals surface area contributed by atoms with E-state index in [1.165, 1.54) is 7.05 Å². The molecule has 0 aromatic heterocycles. The van der Waals surface area contributed by atoms with Gasteiger partial charge in [-0.05, 0) is 18.8 Å². The summed E-state index contributed by atoms with van der Waals surface area (Å²) in [4.78, 5) is 22.8. The Morgan fingerprint density at radius 3 is 2.24 bits per heavy atom. The summed E-state index contributed by atoms with van der Waals surface area (Å²) in [5, 5.41) is 5.09. The zero-order valence-electron chi connectivity index (χ0n) is 11.5. The number of likely N-dealkylation sites (N-methyl/N-ethyl adjacent to an activating group) is 1. The predicted molar refractivity (Wildman–Crippen MR) is 68.3 cm³/mol. The topological polar surface area (TPSA) is 84.2 Å². The second-order valence-corrected chi connectivity index (χ2v) is 5.63. The number of nitrogens with one attached hydrogen (secondary N) is 2. The second kappa shape index (κ2) is 6.59. The molecule has 0 rings (SSSR count). The molecule has 2 amide bonds. The van der Waals surface area contributed by atoms with Crippen LogP contribution >= 0.6 is 0 Å². The van der Waals surface area contributed by atoms with Crippen molar-refractivity contribution in [2.75, 3.05) is 7.05 Å². The SMILES string of the molecule is CNC(=O)C(C)NC(=O)CC(N)CC(C)(C)C. The quantitative estimate of drug-likeness (QED) is 0.653. The third kappa shape index (κ3) is 7.74. The first-order valence-corrected chi connectivity index (χ1v) is 5.92. The highest BCUT2D eigenvalue weighted by atomic mass is 16.2. The summed E-state index contributed by atoms with van der Waals surface area (Å²) in [6.45, 7) is 7.89. The number of carbonyl (C=O) groups excluding carboxylic acids is 2. The standard InChI is InChI=1S/C12H25N3O2/c1-8(11(17)14-5)15-10(16)6-9(13)7-12(2,3)4/h8-9H,6-7,13H2,1-5H3,(H,14,17)(H,15,16). The van der Waals surface area contributed by atoms with Crippen LogP contribution in [0.2, 0.25) is 0 Å². The minimum Gasteiger partial charge on any atom is -0.357 e. The zero-order valence-corrected chi connectivity index (χ0v) is 11.5. The van der Waals surface area contributed by atoms with Crippen molar-refractivity contribution in [2.24, 2.45) is 11.1 Å². The highest BCUT2D eigenvalue weighted by molar-refractivity contribution is 5.87. The molecule has 17 heavy (non-hydrogen) atoms. The Kier molecular flexibility index (Phi) is 6.16. The molecule has 0 saturated carbocycles. The first-order chi connectivity index (χ1) is 7.65. The van der Waals surface area contributed by atoms with Gasteiger partial charge >= 0.3 is 0 Å². The summed E-state index contributed by atoms with van der Waals surface area (Å²) < 4.78 is 0. The largest absolute Gasteiger partial charge is 0.357 e. The summed E-state index contributed by atoms with van der Waals surface area (Å²) >= 11 is 0. The molecule has 0 bridgehead atoms. The lowest BCUT2D eigenvalue weighted by molar-refractivity contribution is -0.128. The van der Waals surface area contributed by atoms with Gasteiger partial charge in [0.2, 0.25) is 11.8 Å². The van der Waals surface area contributed by atoms with Gasteiger partial charge in [0.25, 0.3) is 0 Å². The molecule has 0 aromatic carbocycles. The van der Waals surface area contributed by atoms with Crippen molar-refractivity contribution < 1.29 is 9.59 Å². The van der Waals surface area contributed by atoms with Crippen LogP contribution in [0, 0.1) is 5.41 Å². The van der Waals surface area contributed by atoms with Crippen molar-refractivity contribution in [1.29, 1.82) is 0 Å². The van der Waals surface area contributed by atoms with E-state index in [4.69, 9.17) is 5.73 Å². The van der Waals surface area contributed by atoms with Crippen LogP contribution in [0.25, 0.3) is 0 Å². The summed E-state index contributed by atoms with van der Waals surface area (Å²) in [7, 11) is 1.54. The normalized spacial score (nSPS) is 14.9. The Balaban J connectivity index is 4.06. The highest BCUT2D eigenvalue weighted by Gasteiger charge is 2.20. The molecule has 0 saturated heterocycles. The zero-order chi connectivity index (χ0) is 13.6. The lowest BCUT2D eigenvalue weighted by Crippen LogP contribution is -2.45. The lowest BCUT2D eigenvalue weighted by Gasteiger charge is -2.23. The van der Waals surface area contributed by atoms with E-state index in [0.717, 1.165) is 6.42 Å². The maximum Gasteiger partial charge on any atom is 0.242 e. The molecule has 5 heteroatoms. The van der Waals surface area contributed by atoms with E-state index in [1.54, 1.807) is 6.92 Å². The molecule has 2 atom stereocenters. The van der Waals surface area contributed by atoms with Gasteiger partial charge in [0.15, 0.2) is 0 Å². The van der Waals surface area contributed by atoms with Crippen LogP contribution in [0.3, 0.4) is 0 Å². The number of hydrogen-bond acceptors (Lipinski definition) is 3. The first kappa shape index (κ1) is 15.9. The van der Waals surface area contributed by atoms with E-state index in [2.05, 4.69) is 31.4 Å². The van der Waals surface area contributed by atoms with Gasteiger partial charge in [-0.1, -0.05) is 20.8 Å². The predicted octanol–water partition coefficient (Wildman–Crippen LogP) is 0.391. The maximum absolute atomic E-state index is 11.6. The van der Waals surface area contributed by atoms with Crippen LogP contribution < -0.4 is 16.4 Å². The van der Waals surface area contributed by atoms with Gasteiger partial charge in [0, 0.05) is 19.5 Å². The van der Waals surface area contributed by atoms with Crippen LogP contribution in [0.15, 0.2) is 0 Å². The van der Waals surface area contributed by atoms with Crippen molar-refractivity contribution in [2.45, 2.75) is 52.6 Å². The fraction of sp³-hybridized carbons (Fsp3) is 0.833. The summed E-state index contributed by atoms with van der Waals surface area (Å²) in [5.41, 5.74) is 5.99. The summed E-state index contributed by atoms with van der Waals surface area (Å²) in [6.07, 6.45) is 1.02. The molecule has 0 aliphatic carbocycles. The van der Waals surface area contributed by atoms with Crippen molar-refractivity contribution >= 4 is 11.8 Å². The van der Waals surface area contributed by atoms with Crippen LogP contribution in [-0.2, 0) is 9.59 Å². The van der Waals surface area contributed by atoms with E-state index in [-0.39, 0.29) is 29.7 Å². The maximum atomic E-state index is 11.6. The van der Waals surface area contributed by atoms with Crippen LogP contribution in [0.1, 0.15) is 40.5 Å². The Morgan fingerprint density at radius 1 is 1.29 bits per heavy atom. The van der Waals surface area contributed by atoms with Crippen molar-refractivity contribution in [3.05, 3.63) is 0 Å². The molecular formula is C12H25N3O2. The van der Waals surface area contributed by atoms with E-state index < -0.39 is 6.04 Å². The Bertz CT molecular complexity index is 271. The van der Waals surface area contributed by atoms with E-state index >= 15 is 0 Å². The molecule has 0 fully saturated rings. The molecule has 4 N–H and O–H groups in total. The fourth-order valence-electron chi connectivity index (χ4n) is 1.68. The van der Waals surface area contributed by atoms with Crippen LogP contribution in [-0.4, -0.2) is 30.9 Å². The van der Waals surface area contributed by atoms with E-state index in [9.17, 15) is 9.59 Å². The molecule has 0 aliphatic rings. The molecule has 100 valence electrons. The third-order valence-corrected chi connectivity index (χ3v) is 2.34. The van der Waals surface area contributed by atoms with Crippen LogP contribution in [0.4, 0.5) is 0 Å². The Labute approximate surface area is 104 Å². The fourth-order valence-corrected chi connectivity index (χ4v) is 1.68. The molecule has 5 nitrogen and oxygen atoms in total. The molecule has 0 aliphatic heterocycles. The lowest BCUT2D eigenvalue weighted by atomic mass is 9.87. The van der Waals surface area contributed by atoms with E-state index in [1.807, 2.05) is 0 Å². The monoisotopic (exact) mass is 243 g/mol. The van der Waals surface area contributed by atoms with Gasteiger partial charge in [0.05, 0.1) is 0 Å². The number of nitrogens with two attached hydrogens (primary N) is 1. The van der Waals surface area contributed by atoms with Crippen molar-refractivity contribution in [3.63, 3.8) is 0 Å². The van der Waals surface area contributed by atoms with Gasteiger partial charge in [-0.25, -0.2) is 0 Å². The number of carbonyl (C=O) groups is 2. The third-order valence-electron chi connectivity index (χ3n) is 2.34. The number of hydrogen-bond donors (Lipinski definition) is 3. The molecule has 0 heterocycles. The summed E-state index contributed by atoms with van der Waals surface area (Å²) in [5.74, 6) is -0.388. The van der Waals surface area contributed by atoms with Crippen molar-refractivity contribution in [1.82, 2.24) is 10.6 Å². The summed E-state index contributed by atoms with van der Waals surface area (Å²) in [6, 6.07) is -0.693. The van der Waals surface area contributed by atoms with Gasteiger partial charge in [-0.15, -0.1) is 0 Å². The molecule has 0 spiro atoms. The Hall–Kier alpha value is -1.10. The minimum absolute atomic E-state index is 0.103. The molecule has 0 radical (unpaired) electrons.